The molecule has 0 radical (unpaired) electrons. The molecule has 0 amide bonds. The Morgan fingerprint density at radius 1 is 1.06 bits per heavy atom. The standard InChI is InChI=1S/C13H26N2O/c14-11-13(7-4-9-16-10-8-13)15-12-5-2-1-3-6-12/h12,15H,1-11,14H2. The van der Waals surface area contributed by atoms with Crippen molar-refractivity contribution in [2.75, 3.05) is 19.8 Å². The summed E-state index contributed by atoms with van der Waals surface area (Å²) in [6.45, 7) is 2.54. The minimum atomic E-state index is 0.165. The van der Waals surface area contributed by atoms with Crippen LogP contribution in [0.25, 0.3) is 0 Å². The van der Waals surface area contributed by atoms with Crippen LogP contribution in [0.5, 0.6) is 0 Å². The highest BCUT2D eigenvalue weighted by atomic mass is 16.5. The Hall–Kier alpha value is -0.120. The molecule has 1 aliphatic carbocycles. The molecule has 0 aromatic carbocycles. The van der Waals surface area contributed by atoms with E-state index in [1.54, 1.807) is 0 Å². The van der Waals surface area contributed by atoms with Crippen molar-refractivity contribution in [3.05, 3.63) is 0 Å². The second kappa shape index (κ2) is 5.99. The molecule has 94 valence electrons. The lowest BCUT2D eigenvalue weighted by Gasteiger charge is -2.38. The molecule has 1 saturated heterocycles. The van der Waals surface area contributed by atoms with Gasteiger partial charge in [-0.05, 0) is 32.1 Å². The van der Waals surface area contributed by atoms with Gasteiger partial charge < -0.3 is 15.8 Å². The van der Waals surface area contributed by atoms with Crippen LogP contribution >= 0.6 is 0 Å². The molecule has 0 spiro atoms. The second-order valence-electron chi connectivity index (χ2n) is 5.43. The summed E-state index contributed by atoms with van der Waals surface area (Å²) < 4.78 is 5.55. The predicted molar refractivity (Wildman–Crippen MR) is 66.5 cm³/mol. The zero-order valence-corrected chi connectivity index (χ0v) is 10.3. The molecule has 0 aromatic heterocycles. The fourth-order valence-electron chi connectivity index (χ4n) is 3.09. The van der Waals surface area contributed by atoms with E-state index >= 15 is 0 Å². The van der Waals surface area contributed by atoms with Crippen LogP contribution in [0.1, 0.15) is 51.4 Å². The summed E-state index contributed by atoms with van der Waals surface area (Å²) in [5.41, 5.74) is 6.17. The van der Waals surface area contributed by atoms with E-state index in [-0.39, 0.29) is 5.54 Å². The molecule has 3 nitrogen and oxygen atoms in total. The minimum absolute atomic E-state index is 0.165. The first-order valence-electron chi connectivity index (χ1n) is 6.90. The first-order chi connectivity index (χ1) is 7.85. The Labute approximate surface area is 99.1 Å². The van der Waals surface area contributed by atoms with E-state index < -0.39 is 0 Å². The van der Waals surface area contributed by atoms with E-state index in [0.717, 1.165) is 32.6 Å². The maximum absolute atomic E-state index is 6.01. The van der Waals surface area contributed by atoms with Gasteiger partial charge in [0.1, 0.15) is 0 Å². The average Bonchev–Trinajstić information content (AvgIpc) is 2.57. The largest absolute Gasteiger partial charge is 0.381 e. The van der Waals surface area contributed by atoms with E-state index in [4.69, 9.17) is 10.5 Å². The Kier molecular flexibility index (Phi) is 4.62. The van der Waals surface area contributed by atoms with Crippen LogP contribution < -0.4 is 11.1 Å². The summed E-state index contributed by atoms with van der Waals surface area (Å²) in [5.74, 6) is 0. The molecule has 3 N–H and O–H groups in total. The van der Waals surface area contributed by atoms with Gasteiger partial charge in [0.15, 0.2) is 0 Å². The molecule has 0 aromatic rings. The molecule has 2 fully saturated rings. The molecule has 1 saturated carbocycles. The van der Waals surface area contributed by atoms with Gasteiger partial charge in [-0.3, -0.25) is 0 Å². The van der Waals surface area contributed by atoms with Crippen molar-refractivity contribution in [3.8, 4) is 0 Å². The summed E-state index contributed by atoms with van der Waals surface area (Å²) in [4.78, 5) is 0. The molecule has 2 rings (SSSR count). The molecule has 1 atom stereocenters. The van der Waals surface area contributed by atoms with Crippen LogP contribution in [-0.2, 0) is 4.74 Å². The number of hydrogen-bond acceptors (Lipinski definition) is 3. The van der Waals surface area contributed by atoms with Crippen molar-refractivity contribution in [1.29, 1.82) is 0 Å². The van der Waals surface area contributed by atoms with Gasteiger partial charge in [0.2, 0.25) is 0 Å². The van der Waals surface area contributed by atoms with Crippen LogP contribution in [0.3, 0.4) is 0 Å². The zero-order valence-electron chi connectivity index (χ0n) is 10.3. The summed E-state index contributed by atoms with van der Waals surface area (Å²) >= 11 is 0. The minimum Gasteiger partial charge on any atom is -0.381 e. The highest BCUT2D eigenvalue weighted by molar-refractivity contribution is 4.93. The SMILES string of the molecule is NCC1(NC2CCCCC2)CCCOCC1. The van der Waals surface area contributed by atoms with Gasteiger partial charge >= 0.3 is 0 Å². The zero-order chi connectivity index (χ0) is 11.3. The Balaban J connectivity index is 1.90. The van der Waals surface area contributed by atoms with E-state index in [1.807, 2.05) is 0 Å². The molecule has 0 bridgehead atoms. The molecule has 1 aliphatic heterocycles. The molecule has 2 aliphatic rings. The van der Waals surface area contributed by atoms with E-state index in [1.165, 1.54) is 38.5 Å². The highest BCUT2D eigenvalue weighted by Crippen LogP contribution is 2.25. The van der Waals surface area contributed by atoms with Crippen LogP contribution in [0.15, 0.2) is 0 Å². The fourth-order valence-corrected chi connectivity index (χ4v) is 3.09. The summed E-state index contributed by atoms with van der Waals surface area (Å²) in [6.07, 6.45) is 10.3. The van der Waals surface area contributed by atoms with Crippen molar-refractivity contribution >= 4 is 0 Å². The maximum atomic E-state index is 6.01. The van der Waals surface area contributed by atoms with E-state index in [2.05, 4.69) is 5.32 Å². The van der Waals surface area contributed by atoms with Crippen molar-refractivity contribution < 1.29 is 4.74 Å². The third-order valence-electron chi connectivity index (χ3n) is 4.18. The predicted octanol–water partition coefficient (Wildman–Crippen LogP) is 1.81. The smallest absolute Gasteiger partial charge is 0.0484 e. The first kappa shape index (κ1) is 12.3. The number of hydrogen-bond donors (Lipinski definition) is 2. The quantitative estimate of drug-likeness (QED) is 0.771. The third kappa shape index (κ3) is 3.19. The van der Waals surface area contributed by atoms with Crippen LogP contribution in [0, 0.1) is 0 Å². The van der Waals surface area contributed by atoms with Crippen LogP contribution in [0.2, 0.25) is 0 Å². The normalized spacial score (nSPS) is 33.6. The monoisotopic (exact) mass is 226 g/mol. The van der Waals surface area contributed by atoms with Gasteiger partial charge in [0.25, 0.3) is 0 Å². The summed E-state index contributed by atoms with van der Waals surface area (Å²) in [7, 11) is 0. The van der Waals surface area contributed by atoms with Crippen molar-refractivity contribution in [2.24, 2.45) is 5.73 Å². The molecule has 16 heavy (non-hydrogen) atoms. The van der Waals surface area contributed by atoms with Crippen molar-refractivity contribution in [2.45, 2.75) is 62.9 Å². The van der Waals surface area contributed by atoms with Gasteiger partial charge in [0, 0.05) is 31.3 Å². The molecule has 1 unspecified atom stereocenters. The summed E-state index contributed by atoms with van der Waals surface area (Å²) in [6, 6.07) is 0.704. The molecular formula is C13H26N2O. The maximum Gasteiger partial charge on any atom is 0.0484 e. The van der Waals surface area contributed by atoms with E-state index in [0.29, 0.717) is 6.04 Å². The highest BCUT2D eigenvalue weighted by Gasteiger charge is 2.32. The average molecular weight is 226 g/mol. The summed E-state index contributed by atoms with van der Waals surface area (Å²) in [5, 5.41) is 3.86. The second-order valence-corrected chi connectivity index (χ2v) is 5.43. The number of rotatable bonds is 3. The third-order valence-corrected chi connectivity index (χ3v) is 4.18. The fraction of sp³-hybridized carbons (Fsp3) is 1.00. The Morgan fingerprint density at radius 2 is 1.88 bits per heavy atom. The number of nitrogens with one attached hydrogen (secondary N) is 1. The van der Waals surface area contributed by atoms with Gasteiger partial charge in [-0.2, -0.15) is 0 Å². The van der Waals surface area contributed by atoms with Gasteiger partial charge in [-0.1, -0.05) is 19.3 Å². The van der Waals surface area contributed by atoms with Crippen LogP contribution in [0.4, 0.5) is 0 Å². The van der Waals surface area contributed by atoms with Crippen LogP contribution in [-0.4, -0.2) is 31.3 Å². The molecule has 3 heteroatoms. The van der Waals surface area contributed by atoms with Gasteiger partial charge in [0.05, 0.1) is 0 Å². The van der Waals surface area contributed by atoms with Crippen molar-refractivity contribution in [1.82, 2.24) is 5.32 Å². The lowest BCUT2D eigenvalue weighted by Crippen LogP contribution is -2.55. The number of nitrogens with two attached hydrogens (primary N) is 1. The molecular weight excluding hydrogens is 200 g/mol. The Bertz CT molecular complexity index is 194. The Morgan fingerprint density at radius 3 is 2.62 bits per heavy atom. The first-order valence-corrected chi connectivity index (χ1v) is 6.90. The van der Waals surface area contributed by atoms with E-state index in [9.17, 15) is 0 Å². The molecule has 1 heterocycles. The van der Waals surface area contributed by atoms with Crippen molar-refractivity contribution in [3.63, 3.8) is 0 Å². The topological polar surface area (TPSA) is 47.3 Å². The lowest BCUT2D eigenvalue weighted by molar-refractivity contribution is 0.134. The van der Waals surface area contributed by atoms with Gasteiger partial charge in [-0.15, -0.1) is 0 Å². The van der Waals surface area contributed by atoms with Gasteiger partial charge in [-0.25, -0.2) is 0 Å². The lowest BCUT2D eigenvalue weighted by atomic mass is 9.86. The number of ether oxygens (including phenoxy) is 1.